The summed E-state index contributed by atoms with van der Waals surface area (Å²) in [4.78, 5) is 3.92. The molecule has 0 bridgehead atoms. The van der Waals surface area contributed by atoms with Crippen molar-refractivity contribution < 1.29 is 0 Å². The van der Waals surface area contributed by atoms with Crippen LogP contribution < -0.4 is 0 Å². The summed E-state index contributed by atoms with van der Waals surface area (Å²) in [5.74, 6) is 0. The molecule has 0 fully saturated rings. The molecule has 8 aromatic carbocycles. The van der Waals surface area contributed by atoms with Crippen LogP contribution in [0.25, 0.3) is 87.3 Å². The van der Waals surface area contributed by atoms with E-state index in [-0.39, 0.29) is 0 Å². The lowest BCUT2D eigenvalue weighted by Gasteiger charge is -2.18. The maximum atomic E-state index is 9.58. The predicted molar refractivity (Wildman–Crippen MR) is 203 cm³/mol. The summed E-state index contributed by atoms with van der Waals surface area (Å²) < 4.78 is 2.23. The Morgan fingerprint density at radius 2 is 1.00 bits per heavy atom. The molecule has 0 aliphatic rings. The zero-order chi connectivity index (χ0) is 32.9. The second-order valence-electron chi connectivity index (χ2n) is 12.3. The highest BCUT2D eigenvalue weighted by Gasteiger charge is 2.18. The Labute approximate surface area is 284 Å². The molecule has 0 aliphatic carbocycles. The molecule has 0 spiro atoms. The minimum Gasteiger partial charge on any atom is -0.309 e. The van der Waals surface area contributed by atoms with Gasteiger partial charge in [0, 0.05) is 16.5 Å². The fraction of sp³-hybridized carbons (Fsp3) is 0. The fourth-order valence-corrected chi connectivity index (χ4v) is 7.48. The van der Waals surface area contributed by atoms with Gasteiger partial charge in [0.15, 0.2) is 5.69 Å². The molecule has 0 amide bonds. The van der Waals surface area contributed by atoms with Crippen LogP contribution in [-0.4, -0.2) is 4.57 Å². The topological polar surface area (TPSA) is 33.1 Å². The van der Waals surface area contributed by atoms with Crippen molar-refractivity contribution in [1.82, 2.24) is 4.57 Å². The van der Waals surface area contributed by atoms with Crippen molar-refractivity contribution in [2.24, 2.45) is 0 Å². The number of hydrogen-bond acceptors (Lipinski definition) is 1. The average Bonchev–Trinajstić information content (AvgIpc) is 3.50. The van der Waals surface area contributed by atoms with Gasteiger partial charge in [0.1, 0.15) is 0 Å². The fourth-order valence-electron chi connectivity index (χ4n) is 7.48. The quantitative estimate of drug-likeness (QED) is 0.142. The monoisotopic (exact) mass is 621 g/mol. The van der Waals surface area contributed by atoms with Gasteiger partial charge in [0.05, 0.1) is 29.2 Å². The molecule has 9 aromatic rings. The van der Waals surface area contributed by atoms with Gasteiger partial charge >= 0.3 is 0 Å². The number of nitriles is 1. The molecule has 49 heavy (non-hydrogen) atoms. The number of rotatable bonds is 4. The molecule has 9 rings (SSSR count). The average molecular weight is 622 g/mol. The third kappa shape index (κ3) is 4.49. The normalized spacial score (nSPS) is 11.2. The van der Waals surface area contributed by atoms with E-state index in [0.717, 1.165) is 44.2 Å². The van der Waals surface area contributed by atoms with E-state index in [2.05, 4.69) is 137 Å². The molecular formula is C46H27N3. The van der Waals surface area contributed by atoms with Crippen LogP contribution in [0.3, 0.4) is 0 Å². The van der Waals surface area contributed by atoms with Crippen LogP contribution in [0.2, 0.25) is 0 Å². The maximum absolute atomic E-state index is 9.58. The molecule has 3 nitrogen and oxygen atoms in total. The van der Waals surface area contributed by atoms with Gasteiger partial charge in [0.25, 0.3) is 0 Å². The van der Waals surface area contributed by atoms with Gasteiger partial charge < -0.3 is 4.57 Å². The molecule has 0 saturated heterocycles. The Morgan fingerprint density at radius 3 is 1.61 bits per heavy atom. The van der Waals surface area contributed by atoms with Crippen LogP contribution in [0.15, 0.2) is 164 Å². The van der Waals surface area contributed by atoms with Crippen molar-refractivity contribution in [2.75, 3.05) is 0 Å². The Balaban J connectivity index is 1.21. The number of hydrogen-bond donors (Lipinski definition) is 0. The second-order valence-corrected chi connectivity index (χ2v) is 12.3. The SMILES string of the molecule is [C-]#[N+]c1ccc(-n2c3ccccc3c3cc(C#N)ccc32)cc1-c1ccc(-c2c3ccccc3c(-c3ccccc3)c3ccccc23)cc1. The van der Waals surface area contributed by atoms with Gasteiger partial charge in [-0.1, -0.05) is 127 Å². The molecule has 1 aromatic heterocycles. The van der Waals surface area contributed by atoms with E-state index < -0.39 is 0 Å². The first-order valence-corrected chi connectivity index (χ1v) is 16.3. The number of para-hydroxylation sites is 1. The molecule has 0 radical (unpaired) electrons. The Hall–Kier alpha value is -6.94. The van der Waals surface area contributed by atoms with Gasteiger partial charge in [-0.3, -0.25) is 0 Å². The van der Waals surface area contributed by atoms with Gasteiger partial charge in [-0.2, -0.15) is 5.26 Å². The summed E-state index contributed by atoms with van der Waals surface area (Å²) in [6, 6.07) is 59.1. The molecule has 1 heterocycles. The van der Waals surface area contributed by atoms with E-state index >= 15 is 0 Å². The lowest BCUT2D eigenvalue weighted by atomic mass is 9.85. The highest BCUT2D eigenvalue weighted by atomic mass is 15.0. The van der Waals surface area contributed by atoms with Gasteiger partial charge in [-0.05, 0) is 91.3 Å². The maximum Gasteiger partial charge on any atom is 0.195 e. The zero-order valence-corrected chi connectivity index (χ0v) is 26.4. The van der Waals surface area contributed by atoms with E-state index in [4.69, 9.17) is 6.57 Å². The van der Waals surface area contributed by atoms with Crippen molar-refractivity contribution in [1.29, 1.82) is 5.26 Å². The molecular weight excluding hydrogens is 595 g/mol. The highest BCUT2D eigenvalue weighted by Crippen LogP contribution is 2.44. The molecule has 3 heteroatoms. The third-order valence-electron chi connectivity index (χ3n) is 9.64. The summed E-state index contributed by atoms with van der Waals surface area (Å²) in [6.45, 7) is 8.02. The summed E-state index contributed by atoms with van der Waals surface area (Å²) in [5.41, 5.74) is 10.9. The van der Waals surface area contributed by atoms with Gasteiger partial charge in [-0.15, -0.1) is 0 Å². The largest absolute Gasteiger partial charge is 0.309 e. The lowest BCUT2D eigenvalue weighted by molar-refractivity contribution is 1.18. The first-order chi connectivity index (χ1) is 24.2. The van der Waals surface area contributed by atoms with Crippen LogP contribution in [0.1, 0.15) is 5.56 Å². The number of aromatic nitrogens is 1. The Bertz CT molecular complexity index is 2770. The lowest BCUT2D eigenvalue weighted by Crippen LogP contribution is -1.95. The smallest absolute Gasteiger partial charge is 0.195 e. The van der Waals surface area contributed by atoms with Crippen LogP contribution in [0.4, 0.5) is 5.69 Å². The summed E-state index contributed by atoms with van der Waals surface area (Å²) in [7, 11) is 0. The van der Waals surface area contributed by atoms with Crippen LogP contribution in [0.5, 0.6) is 0 Å². The van der Waals surface area contributed by atoms with Crippen LogP contribution in [0, 0.1) is 17.9 Å². The molecule has 0 aliphatic heterocycles. The Kier molecular flexibility index (Phi) is 6.58. The number of nitrogens with zero attached hydrogens (tertiary/aromatic N) is 3. The van der Waals surface area contributed by atoms with Gasteiger partial charge in [-0.25, -0.2) is 4.85 Å². The second kappa shape index (κ2) is 11.4. The minimum atomic E-state index is 0.604. The molecule has 0 unspecified atom stereocenters. The first kappa shape index (κ1) is 28.3. The molecule has 0 atom stereocenters. The van der Waals surface area contributed by atoms with Crippen molar-refractivity contribution in [3.05, 3.63) is 181 Å². The van der Waals surface area contributed by atoms with Crippen LogP contribution in [-0.2, 0) is 0 Å². The van der Waals surface area contributed by atoms with E-state index in [1.54, 1.807) is 0 Å². The van der Waals surface area contributed by atoms with Gasteiger partial charge in [0.2, 0.25) is 0 Å². The summed E-state index contributed by atoms with van der Waals surface area (Å²) in [6.07, 6.45) is 0. The standard InChI is InChI=1S/C46H27N3/c1-48-42-25-24-34(49-43-18-10-9-13-35(43)41-27-30(29-47)19-26-44(41)49)28-40(42)31-20-22-33(23-21-31)46-38-16-7-5-14-36(38)45(32-11-3-2-4-12-32)37-15-6-8-17-39(37)46/h2-28H. The first-order valence-electron chi connectivity index (χ1n) is 16.3. The van der Waals surface area contributed by atoms with E-state index in [1.165, 1.54) is 38.2 Å². The van der Waals surface area contributed by atoms with E-state index in [1.807, 2.05) is 42.5 Å². The minimum absolute atomic E-state index is 0.604. The van der Waals surface area contributed by atoms with Crippen molar-refractivity contribution >= 4 is 49.0 Å². The summed E-state index contributed by atoms with van der Waals surface area (Å²) >= 11 is 0. The predicted octanol–water partition coefficient (Wildman–Crippen LogP) is 12.5. The third-order valence-corrected chi connectivity index (χ3v) is 9.64. The number of fused-ring (bicyclic) bond motifs is 5. The van der Waals surface area contributed by atoms with Crippen molar-refractivity contribution in [2.45, 2.75) is 0 Å². The molecule has 0 N–H and O–H groups in total. The van der Waals surface area contributed by atoms with E-state index in [0.29, 0.717) is 11.3 Å². The van der Waals surface area contributed by atoms with Crippen molar-refractivity contribution in [3.63, 3.8) is 0 Å². The molecule has 226 valence electrons. The van der Waals surface area contributed by atoms with E-state index in [9.17, 15) is 5.26 Å². The molecule has 0 saturated carbocycles. The zero-order valence-electron chi connectivity index (χ0n) is 26.4. The van der Waals surface area contributed by atoms with Crippen LogP contribution >= 0.6 is 0 Å². The summed E-state index contributed by atoms with van der Waals surface area (Å²) in [5, 5.41) is 16.6. The Morgan fingerprint density at radius 1 is 0.469 bits per heavy atom. The van der Waals surface area contributed by atoms with Crippen molar-refractivity contribution in [3.8, 4) is 45.1 Å². The number of benzene rings is 8. The highest BCUT2D eigenvalue weighted by molar-refractivity contribution is 6.21.